The third kappa shape index (κ3) is 6.73. The van der Waals surface area contributed by atoms with Crippen LogP contribution in [-0.4, -0.2) is 29.2 Å². The van der Waals surface area contributed by atoms with Crippen LogP contribution in [0, 0.1) is 5.92 Å². The summed E-state index contributed by atoms with van der Waals surface area (Å²) in [6.45, 7) is 4.78. The second kappa shape index (κ2) is 10.1. The molecule has 0 saturated heterocycles. The first-order chi connectivity index (χ1) is 12.9. The number of hydrogen-bond donors (Lipinski definition) is 2. The summed E-state index contributed by atoms with van der Waals surface area (Å²) in [5, 5.41) is 12.8. The molecule has 0 amide bonds. The normalized spacial score (nSPS) is 12.0. The molecule has 0 aliphatic heterocycles. The predicted octanol–water partition coefficient (Wildman–Crippen LogP) is 3.91. The standard InChI is InChI=1S/C20H25ClN2O4/c1-13(2)8-16(20(24)25)22-10-14-4-6-17(18(9-14)26-3)27-12-15-5-7-19(21)23-11-15/h4-7,9,11,13,16,22H,8,10,12H2,1-3H3,(H,24,25). The van der Waals surface area contributed by atoms with Gasteiger partial charge in [0.25, 0.3) is 0 Å². The molecular formula is C20H25ClN2O4. The molecule has 1 heterocycles. The lowest BCUT2D eigenvalue weighted by Gasteiger charge is -2.17. The van der Waals surface area contributed by atoms with Gasteiger partial charge in [0.1, 0.15) is 17.8 Å². The first-order valence-corrected chi connectivity index (χ1v) is 9.13. The quantitative estimate of drug-likeness (QED) is 0.596. The molecule has 2 N–H and O–H groups in total. The van der Waals surface area contributed by atoms with Crippen molar-refractivity contribution in [2.45, 2.75) is 39.5 Å². The second-order valence-electron chi connectivity index (χ2n) is 6.66. The fourth-order valence-electron chi connectivity index (χ4n) is 2.58. The van der Waals surface area contributed by atoms with Crippen molar-refractivity contribution in [3.63, 3.8) is 0 Å². The Bertz CT molecular complexity index is 750. The third-order valence-corrected chi connectivity index (χ3v) is 4.19. The van der Waals surface area contributed by atoms with Gasteiger partial charge >= 0.3 is 5.97 Å². The number of aromatic nitrogens is 1. The van der Waals surface area contributed by atoms with E-state index in [1.54, 1.807) is 19.4 Å². The van der Waals surface area contributed by atoms with Gasteiger partial charge in [0, 0.05) is 18.3 Å². The van der Waals surface area contributed by atoms with Gasteiger partial charge in [-0.1, -0.05) is 37.6 Å². The number of hydrogen-bond acceptors (Lipinski definition) is 5. The minimum atomic E-state index is -0.841. The molecule has 0 fully saturated rings. The molecule has 0 radical (unpaired) electrons. The van der Waals surface area contributed by atoms with Crippen LogP contribution in [0.5, 0.6) is 11.5 Å². The molecule has 0 spiro atoms. The Morgan fingerprint density at radius 1 is 1.22 bits per heavy atom. The number of rotatable bonds is 10. The van der Waals surface area contributed by atoms with Crippen molar-refractivity contribution in [2.24, 2.45) is 5.92 Å². The summed E-state index contributed by atoms with van der Waals surface area (Å²) in [4.78, 5) is 15.4. The monoisotopic (exact) mass is 392 g/mol. The van der Waals surface area contributed by atoms with Gasteiger partial charge in [0.15, 0.2) is 11.5 Å². The zero-order chi connectivity index (χ0) is 19.8. The maximum Gasteiger partial charge on any atom is 0.320 e. The largest absolute Gasteiger partial charge is 0.493 e. The van der Waals surface area contributed by atoms with E-state index in [1.165, 1.54) is 0 Å². The maximum atomic E-state index is 11.4. The number of halogens is 1. The highest BCUT2D eigenvalue weighted by atomic mass is 35.5. The van der Waals surface area contributed by atoms with E-state index in [1.807, 2.05) is 38.1 Å². The van der Waals surface area contributed by atoms with Gasteiger partial charge in [0.2, 0.25) is 0 Å². The van der Waals surface area contributed by atoms with Crippen LogP contribution < -0.4 is 14.8 Å². The number of methoxy groups -OCH3 is 1. The Morgan fingerprint density at radius 3 is 2.56 bits per heavy atom. The van der Waals surface area contributed by atoms with Crippen LogP contribution in [0.25, 0.3) is 0 Å². The van der Waals surface area contributed by atoms with Crippen molar-refractivity contribution in [3.05, 3.63) is 52.8 Å². The van der Waals surface area contributed by atoms with E-state index in [0.29, 0.717) is 42.1 Å². The molecule has 2 rings (SSSR count). The van der Waals surface area contributed by atoms with Crippen LogP contribution in [0.1, 0.15) is 31.4 Å². The van der Waals surface area contributed by atoms with E-state index < -0.39 is 12.0 Å². The smallest absolute Gasteiger partial charge is 0.320 e. The zero-order valence-electron chi connectivity index (χ0n) is 15.7. The Kier molecular flexibility index (Phi) is 7.88. The first kappa shape index (κ1) is 21.0. The molecule has 1 atom stereocenters. The molecule has 0 saturated carbocycles. The fraction of sp³-hybridized carbons (Fsp3) is 0.400. The third-order valence-electron chi connectivity index (χ3n) is 3.97. The van der Waals surface area contributed by atoms with Gasteiger partial charge in [-0.05, 0) is 36.1 Å². The Labute approximate surface area is 164 Å². The topological polar surface area (TPSA) is 80.7 Å². The van der Waals surface area contributed by atoms with Gasteiger partial charge < -0.3 is 19.9 Å². The van der Waals surface area contributed by atoms with Crippen LogP contribution >= 0.6 is 11.6 Å². The number of benzene rings is 1. The van der Waals surface area contributed by atoms with Crippen LogP contribution in [-0.2, 0) is 17.9 Å². The summed E-state index contributed by atoms with van der Waals surface area (Å²) >= 11 is 5.78. The zero-order valence-corrected chi connectivity index (χ0v) is 16.5. The van der Waals surface area contributed by atoms with E-state index in [4.69, 9.17) is 21.1 Å². The minimum Gasteiger partial charge on any atom is -0.493 e. The molecule has 6 nitrogen and oxygen atoms in total. The van der Waals surface area contributed by atoms with Crippen LogP contribution in [0.2, 0.25) is 5.15 Å². The highest BCUT2D eigenvalue weighted by Gasteiger charge is 2.18. The van der Waals surface area contributed by atoms with Crippen molar-refractivity contribution in [2.75, 3.05) is 7.11 Å². The summed E-state index contributed by atoms with van der Waals surface area (Å²) in [6, 6.07) is 8.53. The van der Waals surface area contributed by atoms with Crippen LogP contribution in [0.4, 0.5) is 0 Å². The molecule has 1 aromatic heterocycles. The first-order valence-electron chi connectivity index (χ1n) is 8.75. The molecule has 0 bridgehead atoms. The molecule has 0 aliphatic rings. The van der Waals surface area contributed by atoms with Crippen molar-refractivity contribution >= 4 is 17.6 Å². The maximum absolute atomic E-state index is 11.4. The average Bonchev–Trinajstić information content (AvgIpc) is 2.64. The van der Waals surface area contributed by atoms with Crippen molar-refractivity contribution < 1.29 is 19.4 Å². The predicted molar refractivity (Wildman–Crippen MR) is 104 cm³/mol. The number of aliphatic carboxylic acids is 1. The van der Waals surface area contributed by atoms with E-state index >= 15 is 0 Å². The number of nitrogens with one attached hydrogen (secondary N) is 1. The van der Waals surface area contributed by atoms with E-state index in [9.17, 15) is 9.90 Å². The van der Waals surface area contributed by atoms with Crippen molar-refractivity contribution in [1.82, 2.24) is 10.3 Å². The van der Waals surface area contributed by atoms with Crippen LogP contribution in [0.15, 0.2) is 36.5 Å². The molecule has 1 unspecified atom stereocenters. The Morgan fingerprint density at radius 2 is 1.96 bits per heavy atom. The molecule has 0 aliphatic carbocycles. The van der Waals surface area contributed by atoms with Gasteiger partial charge in [-0.3, -0.25) is 4.79 Å². The average molecular weight is 393 g/mol. The van der Waals surface area contributed by atoms with Gasteiger partial charge in [-0.2, -0.15) is 0 Å². The fourth-order valence-corrected chi connectivity index (χ4v) is 2.69. The number of pyridine rings is 1. The van der Waals surface area contributed by atoms with E-state index in [-0.39, 0.29) is 0 Å². The molecule has 146 valence electrons. The number of carboxylic acid groups (broad SMARTS) is 1. The van der Waals surface area contributed by atoms with Crippen molar-refractivity contribution in [3.8, 4) is 11.5 Å². The number of nitrogens with zero attached hydrogens (tertiary/aromatic N) is 1. The number of ether oxygens (including phenoxy) is 2. The highest BCUT2D eigenvalue weighted by Crippen LogP contribution is 2.29. The summed E-state index contributed by atoms with van der Waals surface area (Å²) < 4.78 is 11.2. The van der Waals surface area contributed by atoms with Gasteiger partial charge in [-0.25, -0.2) is 4.98 Å². The summed E-state index contributed by atoms with van der Waals surface area (Å²) in [5.74, 6) is 0.651. The SMILES string of the molecule is COc1cc(CNC(CC(C)C)C(=O)O)ccc1OCc1ccc(Cl)nc1. The molecule has 7 heteroatoms. The van der Waals surface area contributed by atoms with Crippen LogP contribution in [0.3, 0.4) is 0 Å². The Balaban J connectivity index is 2.00. The molecular weight excluding hydrogens is 368 g/mol. The number of carbonyl (C=O) groups is 1. The van der Waals surface area contributed by atoms with Gasteiger partial charge in [0.05, 0.1) is 7.11 Å². The lowest BCUT2D eigenvalue weighted by atomic mass is 10.0. The summed E-state index contributed by atoms with van der Waals surface area (Å²) in [5.41, 5.74) is 1.81. The summed E-state index contributed by atoms with van der Waals surface area (Å²) in [7, 11) is 1.57. The molecule has 2 aromatic rings. The second-order valence-corrected chi connectivity index (χ2v) is 7.05. The minimum absolute atomic E-state index is 0.297. The summed E-state index contributed by atoms with van der Waals surface area (Å²) in [6.07, 6.45) is 2.23. The molecule has 1 aromatic carbocycles. The van der Waals surface area contributed by atoms with Crippen molar-refractivity contribution in [1.29, 1.82) is 0 Å². The lowest BCUT2D eigenvalue weighted by molar-refractivity contribution is -0.140. The van der Waals surface area contributed by atoms with Gasteiger partial charge in [-0.15, -0.1) is 0 Å². The molecule has 27 heavy (non-hydrogen) atoms. The van der Waals surface area contributed by atoms with E-state index in [2.05, 4.69) is 10.3 Å². The number of carboxylic acids is 1. The van der Waals surface area contributed by atoms with E-state index in [0.717, 1.165) is 11.1 Å². The highest BCUT2D eigenvalue weighted by molar-refractivity contribution is 6.29. The lowest BCUT2D eigenvalue weighted by Crippen LogP contribution is -2.37. The Hall–Kier alpha value is -2.31.